The number of imide groups is 1. The Morgan fingerprint density at radius 2 is 2.00 bits per heavy atom. The maximum Gasteiger partial charge on any atom is 0.344 e. The van der Waals surface area contributed by atoms with Crippen LogP contribution in [0.3, 0.4) is 0 Å². The number of hydrazone groups is 1. The molecule has 22 heavy (non-hydrogen) atoms. The molecule has 0 saturated carbocycles. The molecule has 0 bridgehead atoms. The van der Waals surface area contributed by atoms with Crippen LogP contribution < -0.4 is 5.32 Å². The van der Waals surface area contributed by atoms with Crippen molar-refractivity contribution >= 4 is 18.2 Å². The van der Waals surface area contributed by atoms with E-state index in [2.05, 4.69) is 10.4 Å². The minimum absolute atomic E-state index is 0.0987. The van der Waals surface area contributed by atoms with Gasteiger partial charge >= 0.3 is 6.03 Å². The Hall–Kier alpha value is -3.40. The van der Waals surface area contributed by atoms with Crippen molar-refractivity contribution in [2.75, 3.05) is 6.54 Å². The van der Waals surface area contributed by atoms with Crippen LogP contribution in [0.15, 0.2) is 45.9 Å². The molecule has 7 heteroatoms. The number of carbonyl (C=O) groups excluding carboxylic acids is 2. The third-order valence-electron chi connectivity index (χ3n) is 3.02. The lowest BCUT2D eigenvalue weighted by Crippen LogP contribution is -2.24. The molecule has 2 heterocycles. The van der Waals surface area contributed by atoms with Crippen LogP contribution >= 0.6 is 0 Å². The summed E-state index contributed by atoms with van der Waals surface area (Å²) in [6, 6.07) is 11.9. The summed E-state index contributed by atoms with van der Waals surface area (Å²) in [6.07, 6.45) is 1.37. The molecule has 1 fully saturated rings. The summed E-state index contributed by atoms with van der Waals surface area (Å²) >= 11 is 0. The van der Waals surface area contributed by atoms with Crippen molar-refractivity contribution in [2.45, 2.75) is 0 Å². The Morgan fingerprint density at radius 3 is 2.64 bits per heavy atom. The number of hydrogen-bond donors (Lipinski definition) is 1. The second-order valence-electron chi connectivity index (χ2n) is 4.55. The van der Waals surface area contributed by atoms with Crippen molar-refractivity contribution in [1.29, 1.82) is 5.26 Å². The van der Waals surface area contributed by atoms with Crippen molar-refractivity contribution in [3.8, 4) is 17.4 Å². The molecular weight excluding hydrogens is 284 g/mol. The van der Waals surface area contributed by atoms with Crippen LogP contribution in [0.2, 0.25) is 0 Å². The number of rotatable bonds is 3. The van der Waals surface area contributed by atoms with Gasteiger partial charge in [0.1, 0.15) is 18.1 Å². The number of urea groups is 1. The van der Waals surface area contributed by atoms with Gasteiger partial charge in [0.15, 0.2) is 0 Å². The van der Waals surface area contributed by atoms with Crippen molar-refractivity contribution in [3.05, 3.63) is 47.7 Å². The topological polar surface area (TPSA) is 98.7 Å². The molecule has 1 aliphatic heterocycles. The van der Waals surface area contributed by atoms with Crippen LogP contribution in [-0.2, 0) is 4.79 Å². The summed E-state index contributed by atoms with van der Waals surface area (Å²) in [6.45, 7) is -0.0987. The Morgan fingerprint density at radius 1 is 1.23 bits per heavy atom. The van der Waals surface area contributed by atoms with Crippen molar-refractivity contribution in [3.63, 3.8) is 0 Å². The van der Waals surface area contributed by atoms with Gasteiger partial charge in [-0.3, -0.25) is 10.1 Å². The van der Waals surface area contributed by atoms with Crippen molar-refractivity contribution in [2.24, 2.45) is 5.10 Å². The monoisotopic (exact) mass is 294 g/mol. The standard InChI is InChI=1S/C15H10N4O3/c16-7-10-1-3-11(4-2-10)13-6-5-12(22-13)8-17-19-9-14(20)18-15(19)21/h1-6,8H,9H2,(H,18,20,21)/b17-8-. The predicted octanol–water partition coefficient (Wildman–Crippen LogP) is 1.70. The minimum atomic E-state index is -0.555. The van der Waals surface area contributed by atoms with E-state index >= 15 is 0 Å². The van der Waals surface area contributed by atoms with Gasteiger partial charge in [-0.25, -0.2) is 9.80 Å². The Kier molecular flexibility index (Phi) is 3.42. The van der Waals surface area contributed by atoms with E-state index in [4.69, 9.17) is 9.68 Å². The number of nitrogens with one attached hydrogen (secondary N) is 1. The lowest BCUT2D eigenvalue weighted by molar-refractivity contribution is -0.118. The van der Waals surface area contributed by atoms with Gasteiger partial charge in [-0.15, -0.1) is 0 Å². The van der Waals surface area contributed by atoms with E-state index in [9.17, 15) is 9.59 Å². The number of furan rings is 1. The summed E-state index contributed by atoms with van der Waals surface area (Å²) in [7, 11) is 0. The maximum atomic E-state index is 11.3. The molecule has 2 aromatic rings. The smallest absolute Gasteiger partial charge is 0.344 e. The SMILES string of the molecule is N#Cc1ccc(-c2ccc(/C=N\N3CC(=O)NC3=O)o2)cc1. The summed E-state index contributed by atoms with van der Waals surface area (Å²) < 4.78 is 5.59. The van der Waals surface area contributed by atoms with Crippen LogP contribution in [0.1, 0.15) is 11.3 Å². The first-order valence-electron chi connectivity index (χ1n) is 6.41. The van der Waals surface area contributed by atoms with E-state index in [-0.39, 0.29) is 12.5 Å². The van der Waals surface area contributed by atoms with Gasteiger partial charge in [-0.2, -0.15) is 10.4 Å². The fourth-order valence-corrected chi connectivity index (χ4v) is 1.94. The molecule has 1 saturated heterocycles. The van der Waals surface area contributed by atoms with E-state index in [1.807, 2.05) is 6.07 Å². The van der Waals surface area contributed by atoms with Crippen molar-refractivity contribution < 1.29 is 14.0 Å². The molecule has 0 aliphatic carbocycles. The molecule has 1 aliphatic rings. The second kappa shape index (κ2) is 5.54. The highest BCUT2D eigenvalue weighted by Gasteiger charge is 2.25. The number of nitrogens with zero attached hydrogens (tertiary/aromatic N) is 3. The van der Waals surface area contributed by atoms with Gasteiger partial charge in [0, 0.05) is 5.56 Å². The largest absolute Gasteiger partial charge is 0.455 e. The molecule has 1 aromatic carbocycles. The summed E-state index contributed by atoms with van der Waals surface area (Å²) in [4.78, 5) is 22.3. The third-order valence-corrected chi connectivity index (χ3v) is 3.02. The van der Waals surface area contributed by atoms with Crippen LogP contribution in [0, 0.1) is 11.3 Å². The highest BCUT2D eigenvalue weighted by Crippen LogP contribution is 2.22. The van der Waals surface area contributed by atoms with E-state index in [1.54, 1.807) is 36.4 Å². The average Bonchev–Trinajstić information content (AvgIpc) is 3.12. The maximum absolute atomic E-state index is 11.3. The van der Waals surface area contributed by atoms with Gasteiger partial charge < -0.3 is 4.42 Å². The van der Waals surface area contributed by atoms with Gasteiger partial charge in [-0.1, -0.05) is 0 Å². The highest BCUT2D eigenvalue weighted by atomic mass is 16.3. The predicted molar refractivity (Wildman–Crippen MR) is 76.7 cm³/mol. The molecular formula is C15H10N4O3. The van der Waals surface area contributed by atoms with Gasteiger partial charge in [0.25, 0.3) is 0 Å². The van der Waals surface area contributed by atoms with Crippen molar-refractivity contribution in [1.82, 2.24) is 10.3 Å². The molecule has 0 atom stereocenters. The fourth-order valence-electron chi connectivity index (χ4n) is 1.94. The van der Waals surface area contributed by atoms with Gasteiger partial charge in [-0.05, 0) is 36.4 Å². The van der Waals surface area contributed by atoms with Crippen LogP contribution in [0.4, 0.5) is 4.79 Å². The van der Waals surface area contributed by atoms with Crippen LogP contribution in [0.25, 0.3) is 11.3 Å². The van der Waals surface area contributed by atoms with Gasteiger partial charge in [0.05, 0.1) is 17.8 Å². The Balaban J connectivity index is 1.75. The molecule has 108 valence electrons. The van der Waals surface area contributed by atoms with E-state index in [0.717, 1.165) is 10.6 Å². The summed E-state index contributed by atoms with van der Waals surface area (Å²) in [5, 5.41) is 15.8. The third kappa shape index (κ3) is 2.71. The Labute approximate surface area is 125 Å². The first kappa shape index (κ1) is 13.6. The zero-order valence-electron chi connectivity index (χ0n) is 11.3. The lowest BCUT2D eigenvalue weighted by atomic mass is 10.1. The summed E-state index contributed by atoms with van der Waals surface area (Å²) in [5.41, 5.74) is 1.40. The molecule has 0 unspecified atom stereocenters. The fraction of sp³-hybridized carbons (Fsp3) is 0.0667. The molecule has 1 N–H and O–H groups in total. The minimum Gasteiger partial charge on any atom is -0.455 e. The number of benzene rings is 1. The highest BCUT2D eigenvalue weighted by molar-refractivity contribution is 6.02. The molecule has 0 spiro atoms. The molecule has 1 aromatic heterocycles. The first-order valence-corrected chi connectivity index (χ1v) is 6.41. The number of carbonyl (C=O) groups is 2. The average molecular weight is 294 g/mol. The summed E-state index contributed by atoms with van der Waals surface area (Å²) in [5.74, 6) is 0.680. The van der Waals surface area contributed by atoms with E-state index in [0.29, 0.717) is 17.1 Å². The molecule has 0 radical (unpaired) electrons. The quantitative estimate of drug-likeness (QED) is 0.688. The molecule has 3 rings (SSSR count). The molecule has 3 amide bonds. The Bertz CT molecular complexity index is 799. The van der Waals surface area contributed by atoms with E-state index in [1.165, 1.54) is 6.21 Å². The normalized spacial score (nSPS) is 14.4. The number of hydrogen-bond acceptors (Lipinski definition) is 5. The van der Waals surface area contributed by atoms with E-state index < -0.39 is 6.03 Å². The number of amides is 3. The lowest BCUT2D eigenvalue weighted by Gasteiger charge is -2.02. The zero-order chi connectivity index (χ0) is 15.5. The van der Waals surface area contributed by atoms with Crippen LogP contribution in [0.5, 0.6) is 0 Å². The van der Waals surface area contributed by atoms with Gasteiger partial charge in [0.2, 0.25) is 5.91 Å². The molecule has 7 nitrogen and oxygen atoms in total. The van der Waals surface area contributed by atoms with Crippen LogP contribution in [-0.4, -0.2) is 29.7 Å². The zero-order valence-corrected chi connectivity index (χ0v) is 11.3. The second-order valence-corrected chi connectivity index (χ2v) is 4.55. The first-order chi connectivity index (χ1) is 10.7. The number of nitriles is 1.